The van der Waals surface area contributed by atoms with E-state index in [9.17, 15) is 23.1 Å². The molecule has 1 aliphatic rings. The Balaban J connectivity index is 1.38. The minimum absolute atomic E-state index is 0.0246. The fraction of sp³-hybridized carbons (Fsp3) is 0.320. The molecule has 4 rings (SSSR count). The van der Waals surface area contributed by atoms with Crippen LogP contribution in [0.5, 0.6) is 0 Å². The number of amides is 1. The van der Waals surface area contributed by atoms with Gasteiger partial charge in [0.25, 0.3) is 5.91 Å². The molecule has 6 N–H and O–H groups in total. The fourth-order valence-electron chi connectivity index (χ4n) is 4.22. The van der Waals surface area contributed by atoms with Gasteiger partial charge in [-0.3, -0.25) is 24.9 Å². The van der Waals surface area contributed by atoms with E-state index in [1.54, 1.807) is 29.9 Å². The first-order chi connectivity index (χ1) is 19.1. The molecular weight excluding hydrogens is 581 g/mol. The van der Waals surface area contributed by atoms with E-state index in [0.717, 1.165) is 42.5 Å². The number of sulfonamides is 1. The highest BCUT2D eigenvalue weighted by Crippen LogP contribution is 2.29. The van der Waals surface area contributed by atoms with Crippen molar-refractivity contribution < 1.29 is 23.1 Å². The first-order valence-electron chi connectivity index (χ1n) is 12.4. The van der Waals surface area contributed by atoms with E-state index in [1.807, 2.05) is 17.0 Å². The summed E-state index contributed by atoms with van der Waals surface area (Å²) in [6.07, 6.45) is 5.51. The van der Waals surface area contributed by atoms with Crippen molar-refractivity contribution in [3.05, 3.63) is 70.0 Å². The monoisotopic (exact) mass is 609 g/mol. The molecule has 1 aromatic heterocycles. The molecule has 2 aromatic carbocycles. The summed E-state index contributed by atoms with van der Waals surface area (Å²) >= 11 is 12.0. The lowest BCUT2D eigenvalue weighted by atomic mass is 10.1. The van der Waals surface area contributed by atoms with Gasteiger partial charge in [0.15, 0.2) is 0 Å². The van der Waals surface area contributed by atoms with E-state index in [2.05, 4.69) is 26.4 Å². The largest absolute Gasteiger partial charge is 0.480 e. The summed E-state index contributed by atoms with van der Waals surface area (Å²) in [5, 5.41) is 27.1. The molecule has 3 aromatic rings. The number of aliphatic carboxylic acids is 1. The zero-order chi connectivity index (χ0) is 28.9. The van der Waals surface area contributed by atoms with E-state index in [1.165, 1.54) is 18.2 Å². The average Bonchev–Trinajstić information content (AvgIpc) is 3.23. The normalized spacial score (nSPS) is 16.0. The maximum absolute atomic E-state index is 12.9. The molecule has 40 heavy (non-hydrogen) atoms. The molecule has 0 radical (unpaired) electrons. The maximum atomic E-state index is 12.9. The lowest BCUT2D eigenvalue weighted by Crippen LogP contribution is -2.53. The van der Waals surface area contributed by atoms with Crippen molar-refractivity contribution in [3.8, 4) is 0 Å². The molecule has 0 fully saturated rings. The molecule has 2 unspecified atom stereocenters. The number of hydrogen-bond acceptors (Lipinski definition) is 8. The van der Waals surface area contributed by atoms with E-state index in [0.29, 0.717) is 0 Å². The molecule has 0 saturated carbocycles. The molecule has 1 aliphatic heterocycles. The van der Waals surface area contributed by atoms with Crippen LogP contribution in [0, 0.1) is 0 Å². The Hall–Kier alpha value is -3.20. The van der Waals surface area contributed by atoms with Crippen LogP contribution in [0.2, 0.25) is 10.0 Å². The van der Waals surface area contributed by atoms with Gasteiger partial charge in [0.2, 0.25) is 10.0 Å². The number of aryl methyl sites for hydroxylation is 2. The fourth-order valence-corrected chi connectivity index (χ4v) is 6.55. The maximum Gasteiger partial charge on any atom is 0.323 e. The first-order valence-corrected chi connectivity index (χ1v) is 14.6. The number of fused-ring (bicyclic) bond motifs is 1. The van der Waals surface area contributed by atoms with Crippen molar-refractivity contribution >= 4 is 56.0 Å². The van der Waals surface area contributed by atoms with E-state index in [4.69, 9.17) is 23.2 Å². The molecule has 1 amide bonds. The Morgan fingerprint density at radius 1 is 1.23 bits per heavy atom. The summed E-state index contributed by atoms with van der Waals surface area (Å²) in [7, 11) is -2.62. The van der Waals surface area contributed by atoms with Gasteiger partial charge in [0.05, 0.1) is 21.3 Å². The van der Waals surface area contributed by atoms with Gasteiger partial charge in [-0.15, -0.1) is 0 Å². The number of benzene rings is 2. The molecule has 214 valence electrons. The Morgan fingerprint density at radius 3 is 2.65 bits per heavy atom. The summed E-state index contributed by atoms with van der Waals surface area (Å²) in [5.74, 6) is -2.06. The van der Waals surface area contributed by atoms with Crippen molar-refractivity contribution in [1.82, 2.24) is 35.8 Å². The molecular formula is C25H29Cl2N7O5S. The second-order valence-corrected chi connectivity index (χ2v) is 11.5. The number of carbonyl (C=O) groups is 2. The standard InChI is InChI=1S/C25H29Cl2N7O5S/c1-34-21-13-15(8-9-16(21)19(32-34)7-3-10-28-25-29-11-4-12-30-25)23(35)31-14-20(24(36)37)33-40(38,39)22-17(26)5-2-6-18(22)27/h2,4-6,8-9,11,13,20,25,28-30,33H,3,7,10,12,14H2,1H3,(H,31,35)(H,36,37). The third-order valence-corrected chi connectivity index (χ3v) is 8.63. The van der Waals surface area contributed by atoms with Crippen LogP contribution in [0.15, 0.2) is 53.6 Å². The topological polar surface area (TPSA) is 166 Å². The van der Waals surface area contributed by atoms with Crippen molar-refractivity contribution in [3.63, 3.8) is 0 Å². The minimum Gasteiger partial charge on any atom is -0.480 e. The smallest absolute Gasteiger partial charge is 0.323 e. The Kier molecular flexibility index (Phi) is 9.66. The lowest BCUT2D eigenvalue weighted by molar-refractivity contribution is -0.138. The summed E-state index contributed by atoms with van der Waals surface area (Å²) in [6, 6.07) is 7.51. The summed E-state index contributed by atoms with van der Waals surface area (Å²) in [4.78, 5) is 24.2. The Bertz CT molecular complexity index is 1520. The first kappa shape index (κ1) is 29.8. The molecule has 0 spiro atoms. The van der Waals surface area contributed by atoms with Crippen LogP contribution in [-0.4, -0.2) is 67.1 Å². The van der Waals surface area contributed by atoms with Crippen molar-refractivity contribution in [2.24, 2.45) is 7.05 Å². The van der Waals surface area contributed by atoms with Crippen LogP contribution in [0.1, 0.15) is 22.5 Å². The molecule has 12 nitrogen and oxygen atoms in total. The SMILES string of the molecule is Cn1nc(CCCNC2NC=CCN2)c2ccc(C(=O)NCC(NS(=O)(=O)c3c(Cl)cccc3Cl)C(=O)O)cc21. The van der Waals surface area contributed by atoms with Gasteiger partial charge < -0.3 is 15.7 Å². The van der Waals surface area contributed by atoms with Crippen LogP contribution in [0.25, 0.3) is 10.9 Å². The molecule has 0 bridgehead atoms. The predicted octanol–water partition coefficient (Wildman–Crippen LogP) is 1.55. The number of hydrogen-bond donors (Lipinski definition) is 6. The highest BCUT2D eigenvalue weighted by atomic mass is 35.5. The Morgan fingerprint density at radius 2 is 1.98 bits per heavy atom. The van der Waals surface area contributed by atoms with Gasteiger partial charge in [-0.2, -0.15) is 9.82 Å². The van der Waals surface area contributed by atoms with Gasteiger partial charge in [-0.25, -0.2) is 8.42 Å². The second-order valence-electron chi connectivity index (χ2n) is 9.04. The average molecular weight is 611 g/mol. The lowest BCUT2D eigenvalue weighted by Gasteiger charge is -2.22. The molecule has 15 heteroatoms. The van der Waals surface area contributed by atoms with Crippen molar-refractivity contribution in [2.45, 2.75) is 30.1 Å². The highest BCUT2D eigenvalue weighted by Gasteiger charge is 2.29. The zero-order valence-corrected chi connectivity index (χ0v) is 23.8. The Labute approximate surface area is 241 Å². The van der Waals surface area contributed by atoms with Crippen LogP contribution in [-0.2, 0) is 28.3 Å². The van der Waals surface area contributed by atoms with E-state index < -0.39 is 39.4 Å². The number of rotatable bonds is 12. The number of carboxylic acid groups (broad SMARTS) is 1. The highest BCUT2D eigenvalue weighted by molar-refractivity contribution is 7.89. The number of aromatic nitrogens is 2. The van der Waals surface area contributed by atoms with E-state index >= 15 is 0 Å². The third-order valence-electron chi connectivity index (χ3n) is 6.20. The number of nitrogens with one attached hydrogen (secondary N) is 5. The molecule has 2 heterocycles. The summed E-state index contributed by atoms with van der Waals surface area (Å²) < 4.78 is 29.3. The second kappa shape index (κ2) is 13.0. The number of carboxylic acids is 1. The number of nitrogens with zero attached hydrogens (tertiary/aromatic N) is 2. The van der Waals surface area contributed by atoms with Gasteiger partial charge >= 0.3 is 5.97 Å². The van der Waals surface area contributed by atoms with Crippen LogP contribution in [0.4, 0.5) is 0 Å². The van der Waals surface area contributed by atoms with Crippen molar-refractivity contribution in [1.29, 1.82) is 0 Å². The van der Waals surface area contributed by atoms with Gasteiger partial charge in [-0.1, -0.05) is 41.4 Å². The number of halogens is 2. The van der Waals surface area contributed by atoms with Crippen LogP contribution >= 0.6 is 23.2 Å². The predicted molar refractivity (Wildman–Crippen MR) is 152 cm³/mol. The van der Waals surface area contributed by atoms with Gasteiger partial charge in [-0.05, 0) is 49.9 Å². The summed E-state index contributed by atoms with van der Waals surface area (Å²) in [5.41, 5.74) is 1.90. The van der Waals surface area contributed by atoms with Gasteiger partial charge in [0, 0.05) is 31.1 Å². The summed E-state index contributed by atoms with van der Waals surface area (Å²) in [6.45, 7) is 1.06. The molecule has 2 atom stereocenters. The van der Waals surface area contributed by atoms with E-state index in [-0.39, 0.29) is 21.9 Å². The van der Waals surface area contributed by atoms with Crippen molar-refractivity contribution in [2.75, 3.05) is 19.6 Å². The minimum atomic E-state index is -4.40. The molecule has 0 saturated heterocycles. The zero-order valence-electron chi connectivity index (χ0n) is 21.4. The van der Waals surface area contributed by atoms with Crippen LogP contribution in [0.3, 0.4) is 0 Å². The van der Waals surface area contributed by atoms with Crippen LogP contribution < -0.4 is 26.0 Å². The third kappa shape index (κ3) is 7.11. The van der Waals surface area contributed by atoms with Gasteiger partial charge in [0.1, 0.15) is 17.2 Å². The molecule has 0 aliphatic carbocycles. The number of carbonyl (C=O) groups excluding carboxylic acids is 1. The quantitative estimate of drug-likeness (QED) is 0.167.